The molecule has 2 aromatic carbocycles. The maximum Gasteiger partial charge on any atom is 0.254 e. The molecular formula is C22H28N2O3. The first-order chi connectivity index (χ1) is 13.1. The van der Waals surface area contributed by atoms with Crippen molar-refractivity contribution in [3.63, 3.8) is 0 Å². The zero-order valence-corrected chi connectivity index (χ0v) is 16.4. The van der Waals surface area contributed by atoms with Gasteiger partial charge >= 0.3 is 0 Å². The van der Waals surface area contributed by atoms with Gasteiger partial charge in [0.2, 0.25) is 0 Å². The van der Waals surface area contributed by atoms with Gasteiger partial charge in [0.05, 0.1) is 13.7 Å². The van der Waals surface area contributed by atoms with Gasteiger partial charge in [0.15, 0.2) is 0 Å². The predicted octanol–water partition coefficient (Wildman–Crippen LogP) is 3.57. The fourth-order valence-electron chi connectivity index (χ4n) is 3.36. The van der Waals surface area contributed by atoms with E-state index < -0.39 is 0 Å². The van der Waals surface area contributed by atoms with Crippen LogP contribution in [0.15, 0.2) is 42.5 Å². The number of benzene rings is 2. The second kappa shape index (κ2) is 8.91. The van der Waals surface area contributed by atoms with Crippen molar-refractivity contribution in [3.8, 4) is 11.5 Å². The molecule has 144 valence electrons. The summed E-state index contributed by atoms with van der Waals surface area (Å²) in [7, 11) is 1.61. The molecular weight excluding hydrogens is 340 g/mol. The Kier molecular flexibility index (Phi) is 6.35. The van der Waals surface area contributed by atoms with Crippen LogP contribution in [0.1, 0.15) is 35.3 Å². The van der Waals surface area contributed by atoms with Crippen LogP contribution in [0.4, 0.5) is 0 Å². The molecule has 1 amide bonds. The largest absolute Gasteiger partial charge is 0.497 e. The van der Waals surface area contributed by atoms with Crippen molar-refractivity contribution in [2.45, 2.75) is 26.9 Å². The van der Waals surface area contributed by atoms with Crippen LogP contribution in [-0.4, -0.2) is 49.1 Å². The zero-order chi connectivity index (χ0) is 19.2. The third-order valence-electron chi connectivity index (χ3n) is 5.01. The SMILES string of the molecule is CCN(CC)Cc1ccc2c(c1)CN(C(=O)c1cccc(OC)c1)CCO2. The second-order valence-corrected chi connectivity index (χ2v) is 6.71. The van der Waals surface area contributed by atoms with E-state index in [0.29, 0.717) is 31.0 Å². The Morgan fingerprint density at radius 1 is 1.19 bits per heavy atom. The van der Waals surface area contributed by atoms with Gasteiger partial charge in [-0.2, -0.15) is 0 Å². The van der Waals surface area contributed by atoms with Gasteiger partial charge in [0.1, 0.15) is 18.1 Å². The topological polar surface area (TPSA) is 42.0 Å². The molecule has 0 radical (unpaired) electrons. The van der Waals surface area contributed by atoms with E-state index >= 15 is 0 Å². The highest BCUT2D eigenvalue weighted by Crippen LogP contribution is 2.26. The van der Waals surface area contributed by atoms with Gasteiger partial charge in [0.25, 0.3) is 5.91 Å². The van der Waals surface area contributed by atoms with Crippen molar-refractivity contribution >= 4 is 5.91 Å². The number of methoxy groups -OCH3 is 1. The zero-order valence-electron chi connectivity index (χ0n) is 16.4. The molecule has 0 N–H and O–H groups in total. The molecule has 0 atom stereocenters. The normalized spacial score (nSPS) is 13.7. The standard InChI is InChI=1S/C22H28N2O3/c1-4-23(5-2)15-17-9-10-21-19(13-17)16-24(11-12-27-21)22(25)18-7-6-8-20(14-18)26-3/h6-10,13-14H,4-5,11-12,15-16H2,1-3H3. The lowest BCUT2D eigenvalue weighted by molar-refractivity contribution is 0.0733. The average molecular weight is 368 g/mol. The minimum Gasteiger partial charge on any atom is -0.497 e. The number of ether oxygens (including phenoxy) is 2. The molecule has 0 fully saturated rings. The highest BCUT2D eigenvalue weighted by Gasteiger charge is 2.22. The number of hydrogen-bond acceptors (Lipinski definition) is 4. The highest BCUT2D eigenvalue weighted by atomic mass is 16.5. The molecule has 0 spiro atoms. The highest BCUT2D eigenvalue weighted by molar-refractivity contribution is 5.94. The Balaban J connectivity index is 1.80. The number of rotatable bonds is 6. The number of carbonyl (C=O) groups is 1. The molecule has 2 aromatic rings. The Hall–Kier alpha value is -2.53. The Labute approximate surface area is 161 Å². The van der Waals surface area contributed by atoms with Gasteiger partial charge in [-0.3, -0.25) is 9.69 Å². The van der Waals surface area contributed by atoms with Gasteiger partial charge in [-0.15, -0.1) is 0 Å². The number of fused-ring (bicyclic) bond motifs is 1. The van der Waals surface area contributed by atoms with Crippen LogP contribution < -0.4 is 9.47 Å². The molecule has 0 saturated carbocycles. The fraction of sp³-hybridized carbons (Fsp3) is 0.409. The Morgan fingerprint density at radius 2 is 2.00 bits per heavy atom. The smallest absolute Gasteiger partial charge is 0.254 e. The number of carbonyl (C=O) groups excluding carboxylic acids is 1. The Morgan fingerprint density at radius 3 is 2.74 bits per heavy atom. The minimum absolute atomic E-state index is 0.000467. The monoisotopic (exact) mass is 368 g/mol. The van der Waals surface area contributed by atoms with E-state index in [1.165, 1.54) is 5.56 Å². The molecule has 3 rings (SSSR count). The lowest BCUT2D eigenvalue weighted by atomic mass is 10.1. The average Bonchev–Trinajstić information content (AvgIpc) is 2.93. The minimum atomic E-state index is -0.000467. The van der Waals surface area contributed by atoms with Crippen LogP contribution in [0.5, 0.6) is 11.5 Å². The van der Waals surface area contributed by atoms with Crippen molar-refractivity contribution in [1.82, 2.24) is 9.80 Å². The summed E-state index contributed by atoms with van der Waals surface area (Å²) in [5.41, 5.74) is 2.95. The van der Waals surface area contributed by atoms with Gasteiger partial charge in [-0.05, 0) is 49.0 Å². The molecule has 1 aliphatic rings. The number of hydrogen-bond donors (Lipinski definition) is 0. The first-order valence-electron chi connectivity index (χ1n) is 9.54. The predicted molar refractivity (Wildman–Crippen MR) is 106 cm³/mol. The number of nitrogens with zero attached hydrogens (tertiary/aromatic N) is 2. The van der Waals surface area contributed by atoms with E-state index in [1.54, 1.807) is 13.2 Å². The second-order valence-electron chi connectivity index (χ2n) is 6.71. The summed E-state index contributed by atoms with van der Waals surface area (Å²) >= 11 is 0. The van der Waals surface area contributed by atoms with Crippen LogP contribution >= 0.6 is 0 Å². The van der Waals surface area contributed by atoms with Gasteiger partial charge in [-0.1, -0.05) is 26.0 Å². The first kappa shape index (κ1) is 19.2. The van der Waals surface area contributed by atoms with E-state index in [4.69, 9.17) is 9.47 Å². The fourth-order valence-corrected chi connectivity index (χ4v) is 3.36. The summed E-state index contributed by atoms with van der Waals surface area (Å²) in [6, 6.07) is 13.6. The lowest BCUT2D eigenvalue weighted by Gasteiger charge is -2.21. The molecule has 5 heteroatoms. The summed E-state index contributed by atoms with van der Waals surface area (Å²) in [5.74, 6) is 1.56. The molecule has 0 saturated heterocycles. The molecule has 1 aliphatic heterocycles. The van der Waals surface area contributed by atoms with Crippen molar-refractivity contribution in [2.75, 3.05) is 33.4 Å². The van der Waals surface area contributed by atoms with E-state index in [0.717, 1.165) is 30.9 Å². The summed E-state index contributed by atoms with van der Waals surface area (Å²) in [6.07, 6.45) is 0. The lowest BCUT2D eigenvalue weighted by Crippen LogP contribution is -2.32. The van der Waals surface area contributed by atoms with Crippen molar-refractivity contribution in [1.29, 1.82) is 0 Å². The maximum absolute atomic E-state index is 13.0. The van der Waals surface area contributed by atoms with Gasteiger partial charge in [0, 0.05) is 24.2 Å². The van der Waals surface area contributed by atoms with E-state index in [-0.39, 0.29) is 5.91 Å². The van der Waals surface area contributed by atoms with Gasteiger partial charge < -0.3 is 14.4 Å². The van der Waals surface area contributed by atoms with Crippen molar-refractivity contribution < 1.29 is 14.3 Å². The maximum atomic E-state index is 13.0. The van der Waals surface area contributed by atoms with Crippen LogP contribution in [0.2, 0.25) is 0 Å². The molecule has 0 aromatic heterocycles. The van der Waals surface area contributed by atoms with Gasteiger partial charge in [-0.25, -0.2) is 0 Å². The molecule has 0 aliphatic carbocycles. The summed E-state index contributed by atoms with van der Waals surface area (Å²) < 4.78 is 11.1. The molecule has 1 heterocycles. The Bertz CT molecular complexity index is 787. The van der Waals surface area contributed by atoms with Crippen LogP contribution in [0.3, 0.4) is 0 Å². The molecule has 0 bridgehead atoms. The van der Waals surface area contributed by atoms with Crippen molar-refractivity contribution in [3.05, 3.63) is 59.2 Å². The molecule has 0 unspecified atom stereocenters. The summed E-state index contributed by atoms with van der Waals surface area (Å²) in [5, 5.41) is 0. The van der Waals surface area contributed by atoms with Crippen LogP contribution in [0, 0.1) is 0 Å². The van der Waals surface area contributed by atoms with Crippen LogP contribution in [-0.2, 0) is 13.1 Å². The third kappa shape index (κ3) is 4.61. The number of amides is 1. The molecule has 27 heavy (non-hydrogen) atoms. The van der Waals surface area contributed by atoms with E-state index in [1.807, 2.05) is 29.2 Å². The summed E-state index contributed by atoms with van der Waals surface area (Å²) in [6.45, 7) is 8.90. The summed E-state index contributed by atoms with van der Waals surface area (Å²) in [4.78, 5) is 17.2. The van der Waals surface area contributed by atoms with Crippen LogP contribution in [0.25, 0.3) is 0 Å². The molecule has 5 nitrogen and oxygen atoms in total. The van der Waals surface area contributed by atoms with Crippen molar-refractivity contribution in [2.24, 2.45) is 0 Å². The quantitative estimate of drug-likeness (QED) is 0.782. The first-order valence-corrected chi connectivity index (χ1v) is 9.54. The van der Waals surface area contributed by atoms with E-state index in [9.17, 15) is 4.79 Å². The third-order valence-corrected chi connectivity index (χ3v) is 5.01. The van der Waals surface area contributed by atoms with E-state index in [2.05, 4.69) is 30.9 Å².